The zero-order valence-electron chi connectivity index (χ0n) is 18.2. The van der Waals surface area contributed by atoms with Gasteiger partial charge in [-0.05, 0) is 35.1 Å². The van der Waals surface area contributed by atoms with E-state index in [1.54, 1.807) is 0 Å². The molecule has 2 aromatic carbocycles. The number of aliphatic carboxylic acids is 1. The van der Waals surface area contributed by atoms with Gasteiger partial charge in [-0.3, -0.25) is 4.79 Å². The van der Waals surface area contributed by atoms with Gasteiger partial charge in [0.2, 0.25) is 5.91 Å². The molecule has 2 aromatic rings. The number of aliphatic hydroxyl groups is 1. The summed E-state index contributed by atoms with van der Waals surface area (Å²) in [5, 5.41) is 23.4. The molecule has 0 aliphatic heterocycles. The minimum Gasteiger partial charge on any atom is -0.480 e. The Bertz CT molecular complexity index is 994. The number of benzene rings is 2. The van der Waals surface area contributed by atoms with Gasteiger partial charge in [-0.25, -0.2) is 9.59 Å². The van der Waals surface area contributed by atoms with Crippen molar-refractivity contribution in [2.24, 2.45) is 5.92 Å². The van der Waals surface area contributed by atoms with E-state index in [4.69, 9.17) is 9.84 Å². The first-order valence-electron chi connectivity index (χ1n) is 11.2. The van der Waals surface area contributed by atoms with Crippen molar-refractivity contribution in [2.75, 3.05) is 13.2 Å². The van der Waals surface area contributed by atoms with Crippen LogP contribution < -0.4 is 10.6 Å². The molecule has 1 saturated carbocycles. The third-order valence-electron chi connectivity index (χ3n) is 6.55. The first-order valence-corrected chi connectivity index (χ1v) is 11.2. The van der Waals surface area contributed by atoms with E-state index in [-0.39, 0.29) is 12.5 Å². The van der Waals surface area contributed by atoms with Gasteiger partial charge in [-0.15, -0.1) is 0 Å². The topological polar surface area (TPSA) is 125 Å². The number of hydrogen-bond acceptors (Lipinski definition) is 5. The summed E-state index contributed by atoms with van der Waals surface area (Å²) >= 11 is 0. The predicted octanol–water partition coefficient (Wildman–Crippen LogP) is 2.65. The van der Waals surface area contributed by atoms with Crippen molar-refractivity contribution in [2.45, 2.75) is 43.7 Å². The van der Waals surface area contributed by atoms with Crippen LogP contribution in [0.15, 0.2) is 48.5 Å². The van der Waals surface area contributed by atoms with Crippen LogP contribution in [0.25, 0.3) is 11.1 Å². The Balaban J connectivity index is 1.39. The molecule has 0 spiro atoms. The van der Waals surface area contributed by atoms with Crippen LogP contribution in [0.2, 0.25) is 0 Å². The number of rotatable bonds is 7. The molecule has 2 aliphatic rings. The van der Waals surface area contributed by atoms with Crippen LogP contribution in [0.3, 0.4) is 0 Å². The Morgan fingerprint density at radius 2 is 1.58 bits per heavy atom. The lowest BCUT2D eigenvalue weighted by molar-refractivity contribution is -0.144. The second-order valence-electron chi connectivity index (χ2n) is 8.55. The van der Waals surface area contributed by atoms with E-state index in [0.717, 1.165) is 35.1 Å². The van der Waals surface area contributed by atoms with Crippen LogP contribution in [-0.2, 0) is 14.3 Å². The van der Waals surface area contributed by atoms with E-state index in [0.29, 0.717) is 12.8 Å². The molecule has 4 rings (SSSR count). The van der Waals surface area contributed by atoms with Crippen molar-refractivity contribution in [3.63, 3.8) is 0 Å². The van der Waals surface area contributed by atoms with Gasteiger partial charge in [0.25, 0.3) is 0 Å². The standard InChI is InChI=1S/C25H28N2O6/c28-13-22(24(30)31)26-23(29)19-11-5-6-12-21(19)27-25(32)33-14-20-17-9-3-1-7-15(17)16-8-2-4-10-18(16)20/h1-4,7-10,19-22,28H,5-6,11-14H2,(H,26,29)(H,27,32)(H,30,31)/t19-,21+,22+/m0/s1. The molecule has 4 N–H and O–H groups in total. The Kier molecular flexibility index (Phi) is 6.93. The van der Waals surface area contributed by atoms with Gasteiger partial charge < -0.3 is 25.6 Å². The summed E-state index contributed by atoms with van der Waals surface area (Å²) in [5.74, 6) is -2.43. The maximum atomic E-state index is 12.6. The highest BCUT2D eigenvalue weighted by atomic mass is 16.5. The zero-order valence-corrected chi connectivity index (χ0v) is 18.2. The van der Waals surface area contributed by atoms with Crippen molar-refractivity contribution in [3.05, 3.63) is 59.7 Å². The van der Waals surface area contributed by atoms with Gasteiger partial charge in [0.1, 0.15) is 12.6 Å². The van der Waals surface area contributed by atoms with Crippen LogP contribution in [0.1, 0.15) is 42.7 Å². The Morgan fingerprint density at radius 1 is 0.970 bits per heavy atom. The summed E-state index contributed by atoms with van der Waals surface area (Å²) in [7, 11) is 0. The molecule has 0 radical (unpaired) electrons. The van der Waals surface area contributed by atoms with E-state index in [1.807, 2.05) is 36.4 Å². The van der Waals surface area contributed by atoms with Gasteiger partial charge in [0.05, 0.1) is 12.5 Å². The fraction of sp³-hybridized carbons (Fsp3) is 0.400. The number of nitrogens with one attached hydrogen (secondary N) is 2. The van der Waals surface area contributed by atoms with Gasteiger partial charge in [0, 0.05) is 12.0 Å². The summed E-state index contributed by atoms with van der Waals surface area (Å²) < 4.78 is 5.60. The third-order valence-corrected chi connectivity index (χ3v) is 6.55. The summed E-state index contributed by atoms with van der Waals surface area (Å²) in [6.45, 7) is -0.521. The molecule has 0 unspecified atom stereocenters. The molecule has 0 heterocycles. The number of aliphatic hydroxyl groups excluding tert-OH is 1. The van der Waals surface area contributed by atoms with E-state index < -0.39 is 42.6 Å². The van der Waals surface area contributed by atoms with Crippen molar-refractivity contribution in [3.8, 4) is 11.1 Å². The molecule has 3 atom stereocenters. The van der Waals surface area contributed by atoms with Gasteiger partial charge in [0.15, 0.2) is 0 Å². The smallest absolute Gasteiger partial charge is 0.407 e. The molecule has 174 valence electrons. The maximum Gasteiger partial charge on any atom is 0.407 e. The number of carbonyl (C=O) groups excluding carboxylic acids is 2. The van der Waals surface area contributed by atoms with Gasteiger partial charge in [-0.1, -0.05) is 61.4 Å². The number of hydrogen-bond donors (Lipinski definition) is 4. The third kappa shape index (κ3) is 4.85. The fourth-order valence-electron chi connectivity index (χ4n) is 4.87. The molecule has 2 aliphatic carbocycles. The minimum atomic E-state index is -1.37. The lowest BCUT2D eigenvalue weighted by Gasteiger charge is -2.31. The number of carbonyl (C=O) groups is 3. The highest BCUT2D eigenvalue weighted by molar-refractivity contribution is 5.86. The van der Waals surface area contributed by atoms with E-state index in [1.165, 1.54) is 0 Å². The molecule has 33 heavy (non-hydrogen) atoms. The number of fused-ring (bicyclic) bond motifs is 3. The van der Waals surface area contributed by atoms with Crippen molar-refractivity contribution >= 4 is 18.0 Å². The Labute approximate surface area is 192 Å². The van der Waals surface area contributed by atoms with Crippen molar-refractivity contribution < 1.29 is 29.3 Å². The summed E-state index contributed by atoms with van der Waals surface area (Å²) in [6.07, 6.45) is 2.17. The summed E-state index contributed by atoms with van der Waals surface area (Å²) in [6, 6.07) is 14.3. The van der Waals surface area contributed by atoms with Crippen LogP contribution in [-0.4, -0.2) is 53.5 Å². The molecule has 8 nitrogen and oxygen atoms in total. The van der Waals surface area contributed by atoms with Crippen molar-refractivity contribution in [1.29, 1.82) is 0 Å². The molecule has 1 fully saturated rings. The van der Waals surface area contributed by atoms with E-state index in [9.17, 15) is 19.5 Å². The average molecular weight is 453 g/mol. The number of carboxylic acids is 1. The number of carboxylic acid groups (broad SMARTS) is 1. The van der Waals surface area contributed by atoms with Gasteiger partial charge in [-0.2, -0.15) is 0 Å². The quantitative estimate of drug-likeness (QED) is 0.512. The lowest BCUT2D eigenvalue weighted by Crippen LogP contribution is -2.52. The highest BCUT2D eigenvalue weighted by Gasteiger charge is 2.35. The van der Waals surface area contributed by atoms with Crippen LogP contribution in [0, 0.1) is 5.92 Å². The Hall–Kier alpha value is -3.39. The van der Waals surface area contributed by atoms with Crippen LogP contribution >= 0.6 is 0 Å². The molecular formula is C25H28N2O6. The molecular weight excluding hydrogens is 424 g/mol. The van der Waals surface area contributed by atoms with E-state index >= 15 is 0 Å². The normalized spacial score (nSPS) is 20.3. The molecule has 2 amide bonds. The highest BCUT2D eigenvalue weighted by Crippen LogP contribution is 2.44. The lowest BCUT2D eigenvalue weighted by atomic mass is 9.83. The summed E-state index contributed by atoms with van der Waals surface area (Å²) in [4.78, 5) is 36.4. The van der Waals surface area contributed by atoms with E-state index in [2.05, 4.69) is 22.8 Å². The van der Waals surface area contributed by atoms with Crippen molar-refractivity contribution in [1.82, 2.24) is 10.6 Å². The molecule has 0 saturated heterocycles. The first kappa shape index (κ1) is 22.8. The number of amides is 2. The second kappa shape index (κ2) is 10.0. The monoisotopic (exact) mass is 452 g/mol. The summed E-state index contributed by atoms with van der Waals surface area (Å²) in [5.41, 5.74) is 4.52. The zero-order chi connectivity index (χ0) is 23.4. The predicted molar refractivity (Wildman–Crippen MR) is 121 cm³/mol. The second-order valence-corrected chi connectivity index (χ2v) is 8.55. The molecule has 8 heteroatoms. The number of alkyl carbamates (subject to hydrolysis) is 1. The number of ether oxygens (including phenoxy) is 1. The fourth-order valence-corrected chi connectivity index (χ4v) is 4.87. The maximum absolute atomic E-state index is 12.6. The minimum absolute atomic E-state index is 0.0607. The van der Waals surface area contributed by atoms with Gasteiger partial charge >= 0.3 is 12.1 Å². The molecule has 0 bridgehead atoms. The Morgan fingerprint density at radius 3 is 2.18 bits per heavy atom. The van der Waals surface area contributed by atoms with Crippen LogP contribution in [0.5, 0.6) is 0 Å². The SMILES string of the molecule is O=C(N[C@@H]1CCCC[C@@H]1C(=O)N[C@H](CO)C(=O)O)OCC1c2ccccc2-c2ccccc21. The first-order chi connectivity index (χ1) is 16.0. The average Bonchev–Trinajstić information content (AvgIpc) is 3.15. The largest absolute Gasteiger partial charge is 0.480 e. The van der Waals surface area contributed by atoms with Crippen LogP contribution in [0.4, 0.5) is 4.79 Å². The molecule has 0 aromatic heterocycles.